The number of carboxylic acid groups (broad SMARTS) is 1. The summed E-state index contributed by atoms with van der Waals surface area (Å²) in [4.78, 5) is 18.9. The number of methoxy groups -OCH3 is 1. The Kier molecular flexibility index (Phi) is 4.29. The number of hydrogen-bond donors (Lipinski definition) is 2. The molecule has 0 bridgehead atoms. The Morgan fingerprint density at radius 2 is 2.41 bits per heavy atom. The van der Waals surface area contributed by atoms with Crippen LogP contribution in [0.2, 0.25) is 0 Å². The first-order valence-electron chi connectivity index (χ1n) is 4.89. The summed E-state index contributed by atoms with van der Waals surface area (Å²) >= 11 is 0. The van der Waals surface area contributed by atoms with Gasteiger partial charge in [0.2, 0.25) is 5.88 Å². The van der Waals surface area contributed by atoms with Gasteiger partial charge in [-0.1, -0.05) is 0 Å². The third-order valence-corrected chi connectivity index (χ3v) is 1.97. The molecule has 1 rings (SSSR count). The first-order valence-corrected chi connectivity index (χ1v) is 4.89. The second-order valence-electron chi connectivity index (χ2n) is 3.29. The van der Waals surface area contributed by atoms with Gasteiger partial charge >= 0.3 is 5.97 Å². The fourth-order valence-electron chi connectivity index (χ4n) is 1.22. The van der Waals surface area contributed by atoms with Crippen molar-refractivity contribution < 1.29 is 14.6 Å². The van der Waals surface area contributed by atoms with Gasteiger partial charge in [0, 0.05) is 12.5 Å². The van der Waals surface area contributed by atoms with Crippen LogP contribution >= 0.6 is 0 Å². The molecule has 0 saturated carbocycles. The van der Waals surface area contributed by atoms with Gasteiger partial charge in [-0.2, -0.15) is 4.98 Å². The van der Waals surface area contributed by atoms with E-state index in [1.54, 1.807) is 6.92 Å². The van der Waals surface area contributed by atoms with E-state index < -0.39 is 12.0 Å². The molecule has 0 aromatic carbocycles. The lowest BCUT2D eigenvalue weighted by molar-refractivity contribution is -0.137. The molecule has 0 radical (unpaired) electrons. The zero-order chi connectivity index (χ0) is 12.8. The highest BCUT2D eigenvalue weighted by Crippen LogP contribution is 2.14. The average molecular weight is 235 g/mol. The smallest absolute Gasteiger partial charge is 0.327 e. The average Bonchev–Trinajstić information content (AvgIpc) is 2.27. The second kappa shape index (κ2) is 5.70. The van der Waals surface area contributed by atoms with Crippen LogP contribution in [0.25, 0.3) is 0 Å². The minimum atomic E-state index is -1.03. The molecule has 0 amide bonds. The maximum absolute atomic E-state index is 10.9. The molecule has 1 atom stereocenters. The lowest BCUT2D eigenvalue weighted by Gasteiger charge is -2.13. The summed E-state index contributed by atoms with van der Waals surface area (Å²) in [5.41, 5.74) is 0. The van der Waals surface area contributed by atoms with Gasteiger partial charge in [0.1, 0.15) is 17.7 Å². The molecule has 17 heavy (non-hydrogen) atoms. The summed E-state index contributed by atoms with van der Waals surface area (Å²) in [6.07, 6.45) is 5.17. The Morgan fingerprint density at radius 1 is 1.71 bits per heavy atom. The number of aryl methyl sites for hydroxylation is 1. The minimum absolute atomic E-state index is 0.0701. The van der Waals surface area contributed by atoms with E-state index in [9.17, 15) is 4.79 Å². The number of hydrogen-bond acceptors (Lipinski definition) is 5. The summed E-state index contributed by atoms with van der Waals surface area (Å²) in [5.74, 6) is 2.49. The van der Waals surface area contributed by atoms with Crippen molar-refractivity contribution >= 4 is 11.8 Å². The van der Waals surface area contributed by atoms with Gasteiger partial charge in [0.15, 0.2) is 0 Å². The van der Waals surface area contributed by atoms with Crippen LogP contribution in [0.15, 0.2) is 6.07 Å². The third-order valence-electron chi connectivity index (χ3n) is 1.97. The number of nitrogens with one attached hydrogen (secondary N) is 1. The van der Waals surface area contributed by atoms with Crippen LogP contribution in [0, 0.1) is 19.3 Å². The van der Waals surface area contributed by atoms with Crippen molar-refractivity contribution in [1.29, 1.82) is 0 Å². The first kappa shape index (κ1) is 12.8. The number of terminal acetylenes is 1. The van der Waals surface area contributed by atoms with Crippen molar-refractivity contribution in [2.45, 2.75) is 19.4 Å². The highest BCUT2D eigenvalue weighted by atomic mass is 16.5. The Morgan fingerprint density at radius 3 is 2.94 bits per heavy atom. The molecule has 1 heterocycles. The standard InChI is InChI=1S/C11H13N3O3/c1-4-5-8(11(15)16)14-9-6-10(17-3)13-7(2)12-9/h1,6,8H,5H2,2-3H3,(H,15,16)(H,12,13,14). The van der Waals surface area contributed by atoms with Gasteiger partial charge in [0.25, 0.3) is 0 Å². The van der Waals surface area contributed by atoms with Crippen LogP contribution in [-0.2, 0) is 4.79 Å². The van der Waals surface area contributed by atoms with Gasteiger partial charge in [-0.15, -0.1) is 12.3 Å². The van der Waals surface area contributed by atoms with Crippen LogP contribution in [-0.4, -0.2) is 34.2 Å². The Bertz CT molecular complexity index is 454. The molecule has 0 saturated heterocycles. The highest BCUT2D eigenvalue weighted by Gasteiger charge is 2.16. The predicted molar refractivity (Wildman–Crippen MR) is 61.8 cm³/mol. The summed E-state index contributed by atoms with van der Waals surface area (Å²) in [5, 5.41) is 11.7. The van der Waals surface area contributed by atoms with E-state index in [0.717, 1.165) is 0 Å². The Labute approximate surface area is 99.0 Å². The zero-order valence-electron chi connectivity index (χ0n) is 9.60. The lowest BCUT2D eigenvalue weighted by atomic mass is 10.2. The lowest BCUT2D eigenvalue weighted by Crippen LogP contribution is -2.29. The monoisotopic (exact) mass is 235 g/mol. The van der Waals surface area contributed by atoms with E-state index in [0.29, 0.717) is 17.5 Å². The summed E-state index contributed by atoms with van der Waals surface area (Å²) < 4.78 is 4.96. The van der Waals surface area contributed by atoms with Gasteiger partial charge < -0.3 is 15.2 Å². The van der Waals surface area contributed by atoms with Gasteiger partial charge in [-0.25, -0.2) is 9.78 Å². The van der Waals surface area contributed by atoms with E-state index >= 15 is 0 Å². The van der Waals surface area contributed by atoms with Crippen molar-refractivity contribution in [3.8, 4) is 18.2 Å². The van der Waals surface area contributed by atoms with Crippen LogP contribution in [0.1, 0.15) is 12.2 Å². The molecule has 6 heteroatoms. The maximum atomic E-state index is 10.9. The molecule has 0 aliphatic carbocycles. The molecule has 90 valence electrons. The van der Waals surface area contributed by atoms with Crippen molar-refractivity contribution in [2.75, 3.05) is 12.4 Å². The van der Waals surface area contributed by atoms with Crippen LogP contribution < -0.4 is 10.1 Å². The predicted octanol–water partition coefficient (Wildman–Crippen LogP) is 0.682. The molecule has 6 nitrogen and oxygen atoms in total. The molecular formula is C11H13N3O3. The van der Waals surface area contributed by atoms with Crippen molar-refractivity contribution in [3.63, 3.8) is 0 Å². The number of aromatic nitrogens is 2. The number of carboxylic acids is 1. The molecule has 1 unspecified atom stereocenters. The molecular weight excluding hydrogens is 222 g/mol. The maximum Gasteiger partial charge on any atom is 0.327 e. The van der Waals surface area contributed by atoms with Crippen LogP contribution in [0.4, 0.5) is 5.82 Å². The summed E-state index contributed by atoms with van der Waals surface area (Å²) in [6.45, 7) is 1.69. The normalized spacial score (nSPS) is 11.4. The number of ether oxygens (including phenoxy) is 1. The topological polar surface area (TPSA) is 84.3 Å². The third kappa shape index (κ3) is 3.65. The molecule has 0 spiro atoms. The summed E-state index contributed by atoms with van der Waals surface area (Å²) in [6, 6.07) is 0.637. The Hall–Kier alpha value is -2.29. The minimum Gasteiger partial charge on any atom is -0.481 e. The van der Waals surface area contributed by atoms with Crippen LogP contribution in [0.3, 0.4) is 0 Å². The van der Waals surface area contributed by atoms with Gasteiger partial charge in [-0.05, 0) is 6.92 Å². The number of aliphatic carboxylic acids is 1. The van der Waals surface area contributed by atoms with E-state index in [4.69, 9.17) is 16.3 Å². The van der Waals surface area contributed by atoms with Crippen LogP contribution in [0.5, 0.6) is 5.88 Å². The molecule has 0 aliphatic rings. The van der Waals surface area contributed by atoms with Crippen molar-refractivity contribution in [2.24, 2.45) is 0 Å². The number of carbonyl (C=O) groups is 1. The number of rotatable bonds is 5. The molecule has 2 N–H and O–H groups in total. The van der Waals surface area contributed by atoms with Crippen molar-refractivity contribution in [1.82, 2.24) is 9.97 Å². The van der Waals surface area contributed by atoms with E-state index in [1.807, 2.05) is 0 Å². The summed E-state index contributed by atoms with van der Waals surface area (Å²) in [7, 11) is 1.47. The zero-order valence-corrected chi connectivity index (χ0v) is 9.60. The number of nitrogens with zero attached hydrogens (tertiary/aromatic N) is 2. The first-order chi connectivity index (χ1) is 8.06. The SMILES string of the molecule is C#CCC(Nc1cc(OC)nc(C)n1)C(=O)O. The van der Waals surface area contributed by atoms with E-state index in [1.165, 1.54) is 13.2 Å². The fraction of sp³-hybridized carbons (Fsp3) is 0.364. The fourth-order valence-corrected chi connectivity index (χ4v) is 1.22. The van der Waals surface area contributed by atoms with E-state index in [-0.39, 0.29) is 6.42 Å². The molecule has 0 aliphatic heterocycles. The van der Waals surface area contributed by atoms with E-state index in [2.05, 4.69) is 21.2 Å². The molecule has 1 aromatic rings. The number of anilines is 1. The van der Waals surface area contributed by atoms with Crippen molar-refractivity contribution in [3.05, 3.63) is 11.9 Å². The second-order valence-corrected chi connectivity index (χ2v) is 3.29. The quantitative estimate of drug-likeness (QED) is 0.730. The molecule has 1 aromatic heterocycles. The van der Waals surface area contributed by atoms with Gasteiger partial charge in [-0.3, -0.25) is 0 Å². The highest BCUT2D eigenvalue weighted by molar-refractivity contribution is 5.77. The largest absolute Gasteiger partial charge is 0.481 e. The van der Waals surface area contributed by atoms with Gasteiger partial charge in [0.05, 0.1) is 7.11 Å². The molecule has 0 fully saturated rings. The Balaban J connectivity index is 2.89.